The van der Waals surface area contributed by atoms with E-state index in [0.717, 1.165) is 24.3 Å². The number of hydrogen-bond acceptors (Lipinski definition) is 3. The normalized spacial score (nSPS) is 11.0. The lowest BCUT2D eigenvalue weighted by Gasteiger charge is -2.08. The van der Waals surface area contributed by atoms with Gasteiger partial charge in [-0.15, -0.1) is 0 Å². The molecule has 0 saturated carbocycles. The summed E-state index contributed by atoms with van der Waals surface area (Å²) in [6.07, 6.45) is -4.86. The van der Waals surface area contributed by atoms with Crippen LogP contribution in [0.2, 0.25) is 0 Å². The quantitative estimate of drug-likeness (QED) is 0.857. The number of alkyl halides is 3. The van der Waals surface area contributed by atoms with Gasteiger partial charge in [-0.2, -0.15) is 13.2 Å². The molecule has 1 amide bonds. The van der Waals surface area contributed by atoms with Crippen molar-refractivity contribution in [1.82, 2.24) is 4.98 Å². The van der Waals surface area contributed by atoms with E-state index in [-0.39, 0.29) is 11.6 Å². The zero-order valence-corrected chi connectivity index (χ0v) is 10.3. The van der Waals surface area contributed by atoms with Crippen molar-refractivity contribution in [3.8, 4) is 5.75 Å². The Morgan fingerprint density at radius 1 is 1.10 bits per heavy atom. The largest absolute Gasteiger partial charge is 0.418 e. The van der Waals surface area contributed by atoms with Crippen molar-refractivity contribution in [2.45, 2.75) is 6.18 Å². The molecule has 0 bridgehead atoms. The number of rotatable bonds is 2. The summed E-state index contributed by atoms with van der Waals surface area (Å²) in [6, 6.07) is 6.43. The van der Waals surface area contributed by atoms with Crippen molar-refractivity contribution in [2.75, 3.05) is 5.32 Å². The molecule has 2 aromatic rings. The van der Waals surface area contributed by atoms with E-state index in [0.29, 0.717) is 6.20 Å². The smallest absolute Gasteiger partial charge is 0.410 e. The standard InChI is InChI=1S/C13H8F4N2O2/c14-9-2-4-10(5-3-9)21-12(20)19-11-6-1-8(7-18-11)13(15,16)17/h1-7H,(H,18,19,20). The van der Waals surface area contributed by atoms with Crippen LogP contribution in [0.4, 0.5) is 28.2 Å². The molecule has 1 heterocycles. The molecule has 1 aromatic carbocycles. The number of halogens is 4. The third-order valence-corrected chi connectivity index (χ3v) is 2.35. The number of nitrogens with zero attached hydrogens (tertiary/aromatic N) is 1. The van der Waals surface area contributed by atoms with Crippen molar-refractivity contribution < 1.29 is 27.1 Å². The third kappa shape index (κ3) is 4.16. The number of carbonyl (C=O) groups excluding carboxylic acids is 1. The minimum absolute atomic E-state index is 0.0841. The van der Waals surface area contributed by atoms with Gasteiger partial charge in [-0.05, 0) is 36.4 Å². The molecule has 2 rings (SSSR count). The van der Waals surface area contributed by atoms with Crippen LogP contribution in [-0.4, -0.2) is 11.1 Å². The summed E-state index contributed by atoms with van der Waals surface area (Å²) in [5, 5.41) is 2.15. The lowest BCUT2D eigenvalue weighted by atomic mass is 10.3. The van der Waals surface area contributed by atoms with E-state index in [2.05, 4.69) is 10.3 Å². The Hall–Kier alpha value is -2.64. The number of amides is 1. The van der Waals surface area contributed by atoms with Crippen LogP contribution in [0.1, 0.15) is 5.56 Å². The number of anilines is 1. The predicted octanol–water partition coefficient (Wildman–Crippen LogP) is 3.85. The first-order valence-electron chi connectivity index (χ1n) is 5.62. The number of hydrogen-bond donors (Lipinski definition) is 1. The summed E-state index contributed by atoms with van der Waals surface area (Å²) in [6.45, 7) is 0. The summed E-state index contributed by atoms with van der Waals surface area (Å²) in [5.74, 6) is -0.511. The molecule has 0 aliphatic carbocycles. The van der Waals surface area contributed by atoms with Crippen LogP contribution >= 0.6 is 0 Å². The molecule has 0 aliphatic rings. The van der Waals surface area contributed by atoms with Gasteiger partial charge in [0.15, 0.2) is 0 Å². The molecule has 0 aliphatic heterocycles. The average Bonchev–Trinajstić information content (AvgIpc) is 2.41. The minimum atomic E-state index is -4.50. The van der Waals surface area contributed by atoms with Crippen LogP contribution in [0.15, 0.2) is 42.6 Å². The zero-order valence-electron chi connectivity index (χ0n) is 10.3. The second-order valence-corrected chi connectivity index (χ2v) is 3.90. The van der Waals surface area contributed by atoms with Gasteiger partial charge in [-0.25, -0.2) is 14.2 Å². The zero-order chi connectivity index (χ0) is 15.5. The summed E-state index contributed by atoms with van der Waals surface area (Å²) >= 11 is 0. The summed E-state index contributed by atoms with van der Waals surface area (Å²) in [5.41, 5.74) is -0.931. The van der Waals surface area contributed by atoms with E-state index in [9.17, 15) is 22.4 Å². The fourth-order valence-corrected chi connectivity index (χ4v) is 1.38. The molecule has 0 saturated heterocycles. The van der Waals surface area contributed by atoms with Gasteiger partial charge in [0.05, 0.1) is 5.56 Å². The van der Waals surface area contributed by atoms with Crippen LogP contribution in [0, 0.1) is 5.82 Å². The summed E-state index contributed by atoms with van der Waals surface area (Å²) in [7, 11) is 0. The first kappa shape index (κ1) is 14.8. The maximum atomic E-state index is 12.6. The van der Waals surface area contributed by atoms with Gasteiger partial charge >= 0.3 is 12.3 Å². The number of nitrogens with one attached hydrogen (secondary N) is 1. The topological polar surface area (TPSA) is 51.2 Å². The number of ether oxygens (including phenoxy) is 1. The van der Waals surface area contributed by atoms with E-state index in [1.54, 1.807) is 0 Å². The van der Waals surface area contributed by atoms with E-state index in [4.69, 9.17) is 4.74 Å². The van der Waals surface area contributed by atoms with Crippen molar-refractivity contribution in [3.05, 3.63) is 54.0 Å². The second kappa shape index (κ2) is 5.78. The van der Waals surface area contributed by atoms with Crippen molar-refractivity contribution >= 4 is 11.9 Å². The Morgan fingerprint density at radius 2 is 1.76 bits per heavy atom. The molecule has 4 nitrogen and oxygen atoms in total. The lowest BCUT2D eigenvalue weighted by molar-refractivity contribution is -0.137. The Morgan fingerprint density at radius 3 is 2.29 bits per heavy atom. The highest BCUT2D eigenvalue weighted by Gasteiger charge is 2.30. The van der Waals surface area contributed by atoms with E-state index in [1.807, 2.05) is 0 Å². The summed E-state index contributed by atoms with van der Waals surface area (Å²) in [4.78, 5) is 14.9. The molecule has 0 radical (unpaired) electrons. The summed E-state index contributed by atoms with van der Waals surface area (Å²) < 4.78 is 54.4. The van der Waals surface area contributed by atoms with Gasteiger partial charge < -0.3 is 4.74 Å². The minimum Gasteiger partial charge on any atom is -0.410 e. The molecule has 21 heavy (non-hydrogen) atoms. The van der Waals surface area contributed by atoms with Gasteiger partial charge in [-0.3, -0.25) is 5.32 Å². The molecule has 1 aromatic heterocycles. The van der Waals surface area contributed by atoms with Crippen LogP contribution in [-0.2, 0) is 6.18 Å². The number of carbonyl (C=O) groups is 1. The average molecular weight is 300 g/mol. The van der Waals surface area contributed by atoms with Crippen LogP contribution < -0.4 is 10.1 Å². The molecule has 8 heteroatoms. The van der Waals surface area contributed by atoms with E-state index < -0.39 is 23.7 Å². The molecule has 1 N–H and O–H groups in total. The highest BCUT2D eigenvalue weighted by molar-refractivity contribution is 5.85. The van der Waals surface area contributed by atoms with E-state index in [1.165, 1.54) is 12.1 Å². The van der Waals surface area contributed by atoms with Crippen LogP contribution in [0.25, 0.3) is 0 Å². The SMILES string of the molecule is O=C(Nc1ccc(C(F)(F)F)cn1)Oc1ccc(F)cc1. The van der Waals surface area contributed by atoms with Crippen molar-refractivity contribution in [3.63, 3.8) is 0 Å². The van der Waals surface area contributed by atoms with Crippen LogP contribution in [0.5, 0.6) is 5.75 Å². The predicted molar refractivity (Wildman–Crippen MR) is 65.3 cm³/mol. The lowest BCUT2D eigenvalue weighted by Crippen LogP contribution is -2.17. The molecular weight excluding hydrogens is 292 g/mol. The number of pyridine rings is 1. The molecular formula is C13H8F4N2O2. The van der Waals surface area contributed by atoms with Crippen molar-refractivity contribution in [1.29, 1.82) is 0 Å². The monoisotopic (exact) mass is 300 g/mol. The maximum Gasteiger partial charge on any atom is 0.418 e. The third-order valence-electron chi connectivity index (χ3n) is 2.35. The van der Waals surface area contributed by atoms with Gasteiger partial charge in [0.1, 0.15) is 17.4 Å². The highest BCUT2D eigenvalue weighted by atomic mass is 19.4. The Balaban J connectivity index is 1.98. The maximum absolute atomic E-state index is 12.6. The Kier molecular flexibility index (Phi) is 4.06. The van der Waals surface area contributed by atoms with E-state index >= 15 is 0 Å². The Labute approximate surface area is 116 Å². The van der Waals surface area contributed by atoms with Crippen LogP contribution in [0.3, 0.4) is 0 Å². The fourth-order valence-electron chi connectivity index (χ4n) is 1.38. The molecule has 0 spiro atoms. The number of benzene rings is 1. The molecule has 0 unspecified atom stereocenters. The first-order chi connectivity index (χ1) is 9.84. The first-order valence-corrected chi connectivity index (χ1v) is 5.62. The van der Waals surface area contributed by atoms with Gasteiger partial charge in [0.25, 0.3) is 0 Å². The highest BCUT2D eigenvalue weighted by Crippen LogP contribution is 2.28. The van der Waals surface area contributed by atoms with Crippen molar-refractivity contribution in [2.24, 2.45) is 0 Å². The molecule has 0 fully saturated rings. The fraction of sp³-hybridized carbons (Fsp3) is 0.0769. The van der Waals surface area contributed by atoms with Gasteiger partial charge in [-0.1, -0.05) is 0 Å². The molecule has 0 atom stereocenters. The van der Waals surface area contributed by atoms with Gasteiger partial charge in [0, 0.05) is 6.20 Å². The van der Waals surface area contributed by atoms with Gasteiger partial charge in [0.2, 0.25) is 0 Å². The number of aromatic nitrogens is 1. The second-order valence-electron chi connectivity index (χ2n) is 3.90. The molecule has 110 valence electrons. The Bertz CT molecular complexity index is 624.